The zero-order chi connectivity index (χ0) is 19.1. The molecule has 0 amide bonds. The minimum absolute atomic E-state index is 0.412. The number of hydrogen-bond acceptors (Lipinski definition) is 4. The fraction of sp³-hybridized carbons (Fsp3) is 0.217. The summed E-state index contributed by atoms with van der Waals surface area (Å²) in [5.74, 6) is 8.56. The Bertz CT molecular complexity index is 1150. The van der Waals surface area contributed by atoms with Crippen molar-refractivity contribution in [3.8, 4) is 11.8 Å². The number of nitrogen functional groups attached to an aromatic ring is 1. The molecule has 1 saturated carbocycles. The van der Waals surface area contributed by atoms with Gasteiger partial charge in [-0.3, -0.25) is 4.99 Å². The normalized spacial score (nSPS) is 18.3. The summed E-state index contributed by atoms with van der Waals surface area (Å²) in [5, 5.41) is 5.97. The molecular weight excluding hydrogens is 368 g/mol. The summed E-state index contributed by atoms with van der Waals surface area (Å²) in [6, 6.07) is 14.2. The third kappa shape index (κ3) is 3.30. The minimum atomic E-state index is 0.412. The van der Waals surface area contributed by atoms with Crippen LogP contribution in [0.5, 0.6) is 0 Å². The molecule has 2 aliphatic rings. The van der Waals surface area contributed by atoms with E-state index in [0.717, 1.165) is 40.2 Å². The number of hydrogen-bond donors (Lipinski definition) is 2. The summed E-state index contributed by atoms with van der Waals surface area (Å²) in [6.07, 6.45) is 4.37. The van der Waals surface area contributed by atoms with Gasteiger partial charge in [0, 0.05) is 39.7 Å². The van der Waals surface area contributed by atoms with Crippen molar-refractivity contribution < 1.29 is 0 Å². The van der Waals surface area contributed by atoms with Gasteiger partial charge >= 0.3 is 0 Å². The predicted octanol–water partition coefficient (Wildman–Crippen LogP) is 4.00. The van der Waals surface area contributed by atoms with Crippen LogP contribution in [0.25, 0.3) is 10.8 Å². The van der Waals surface area contributed by atoms with E-state index >= 15 is 0 Å². The van der Waals surface area contributed by atoms with Gasteiger partial charge in [-0.2, -0.15) is 0 Å². The first kappa shape index (κ1) is 17.1. The first-order valence-electron chi connectivity index (χ1n) is 9.45. The van der Waals surface area contributed by atoms with E-state index < -0.39 is 0 Å². The Balaban J connectivity index is 1.43. The number of benzene rings is 2. The van der Waals surface area contributed by atoms with Gasteiger partial charge in [0.05, 0.1) is 11.6 Å². The quantitative estimate of drug-likeness (QED) is 0.654. The van der Waals surface area contributed by atoms with Gasteiger partial charge in [-0.25, -0.2) is 4.98 Å². The van der Waals surface area contributed by atoms with Gasteiger partial charge in [0.2, 0.25) is 0 Å². The van der Waals surface area contributed by atoms with E-state index in [1.54, 1.807) is 6.20 Å². The average molecular weight is 387 g/mol. The van der Waals surface area contributed by atoms with Crippen LogP contribution < -0.4 is 11.1 Å². The maximum Gasteiger partial charge on any atom is 0.139 e. The van der Waals surface area contributed by atoms with Gasteiger partial charge in [0.1, 0.15) is 11.7 Å². The zero-order valence-corrected chi connectivity index (χ0v) is 16.0. The van der Waals surface area contributed by atoms with E-state index in [9.17, 15) is 0 Å². The number of anilines is 1. The van der Waals surface area contributed by atoms with E-state index in [2.05, 4.69) is 34.3 Å². The van der Waals surface area contributed by atoms with E-state index in [4.69, 9.17) is 22.3 Å². The van der Waals surface area contributed by atoms with Crippen LogP contribution in [0.3, 0.4) is 0 Å². The van der Waals surface area contributed by atoms with Gasteiger partial charge in [0.15, 0.2) is 0 Å². The Morgan fingerprint density at radius 3 is 2.68 bits per heavy atom. The summed E-state index contributed by atoms with van der Waals surface area (Å²) in [4.78, 5) is 9.08. The summed E-state index contributed by atoms with van der Waals surface area (Å²) in [7, 11) is 0. The molecule has 1 aromatic heterocycles. The summed E-state index contributed by atoms with van der Waals surface area (Å²) in [5.41, 5.74) is 8.80. The highest BCUT2D eigenvalue weighted by Crippen LogP contribution is 2.35. The largest absolute Gasteiger partial charge is 0.383 e. The van der Waals surface area contributed by atoms with Crippen molar-refractivity contribution in [2.75, 3.05) is 12.3 Å². The van der Waals surface area contributed by atoms with Crippen molar-refractivity contribution in [1.29, 1.82) is 0 Å². The second kappa shape index (κ2) is 6.85. The van der Waals surface area contributed by atoms with Gasteiger partial charge in [0.25, 0.3) is 0 Å². The molecule has 1 aliphatic carbocycles. The van der Waals surface area contributed by atoms with Crippen LogP contribution in [0, 0.1) is 17.8 Å². The molecule has 3 N–H and O–H groups in total. The van der Waals surface area contributed by atoms with Crippen LogP contribution in [0.4, 0.5) is 5.82 Å². The highest BCUT2D eigenvalue weighted by atomic mass is 35.5. The number of fused-ring (bicyclic) bond motifs is 1. The topological polar surface area (TPSA) is 63.3 Å². The van der Waals surface area contributed by atoms with E-state index in [1.165, 1.54) is 12.8 Å². The molecule has 0 saturated heterocycles. The Hall–Kier alpha value is -3.03. The predicted molar refractivity (Wildman–Crippen MR) is 115 cm³/mol. The minimum Gasteiger partial charge on any atom is -0.383 e. The Kier molecular flexibility index (Phi) is 4.18. The van der Waals surface area contributed by atoms with Crippen molar-refractivity contribution >= 4 is 34.0 Å². The van der Waals surface area contributed by atoms with Gasteiger partial charge in [-0.15, -0.1) is 0 Å². The molecule has 0 bridgehead atoms. The second-order valence-electron chi connectivity index (χ2n) is 7.34. The van der Waals surface area contributed by atoms with Crippen LogP contribution in [0.2, 0.25) is 5.02 Å². The number of nitrogens with one attached hydrogen (secondary N) is 1. The Labute approximate surface area is 168 Å². The lowest BCUT2D eigenvalue weighted by Crippen LogP contribution is -2.22. The highest BCUT2D eigenvalue weighted by molar-refractivity contribution is 6.31. The second-order valence-corrected chi connectivity index (χ2v) is 7.78. The fourth-order valence-electron chi connectivity index (χ4n) is 3.56. The number of rotatable bonds is 2. The summed E-state index contributed by atoms with van der Waals surface area (Å²) >= 11 is 6.15. The molecule has 138 valence electrons. The third-order valence-corrected chi connectivity index (χ3v) is 5.55. The number of aromatic nitrogens is 1. The van der Waals surface area contributed by atoms with E-state index in [-0.39, 0.29) is 0 Å². The van der Waals surface area contributed by atoms with Crippen LogP contribution in [0.15, 0.2) is 53.7 Å². The molecule has 1 aliphatic heterocycles. The molecule has 2 aromatic carbocycles. The van der Waals surface area contributed by atoms with Crippen LogP contribution in [-0.4, -0.2) is 23.4 Å². The molecule has 3 aromatic rings. The first-order chi connectivity index (χ1) is 13.7. The van der Waals surface area contributed by atoms with Crippen molar-refractivity contribution in [3.63, 3.8) is 0 Å². The Morgan fingerprint density at radius 1 is 1.07 bits per heavy atom. The molecule has 0 spiro atoms. The van der Waals surface area contributed by atoms with Crippen molar-refractivity contribution in [2.24, 2.45) is 10.9 Å². The van der Waals surface area contributed by atoms with Crippen molar-refractivity contribution in [3.05, 3.63) is 70.4 Å². The first-order valence-corrected chi connectivity index (χ1v) is 9.83. The molecule has 1 fully saturated rings. The molecule has 28 heavy (non-hydrogen) atoms. The van der Waals surface area contributed by atoms with Crippen LogP contribution in [0.1, 0.15) is 29.5 Å². The van der Waals surface area contributed by atoms with Crippen molar-refractivity contribution in [1.82, 2.24) is 10.3 Å². The molecular formula is C23H19ClN4. The standard InChI is InChI=1S/C23H19ClN4/c24-18-9-8-17-12-26-22(25)19(20(17)11-18)10-3-14-1-4-16(5-2-14)23-27-13-21(28-23)15-6-7-15/h1-2,4-5,8-9,11-12,15,21H,6-7,13H2,(H2,25,26)(H,27,28). The highest BCUT2D eigenvalue weighted by Gasteiger charge is 2.33. The van der Waals surface area contributed by atoms with E-state index in [1.807, 2.05) is 30.3 Å². The number of amidine groups is 1. The summed E-state index contributed by atoms with van der Waals surface area (Å²) < 4.78 is 0. The lowest BCUT2D eigenvalue weighted by molar-refractivity contribution is 0.618. The average Bonchev–Trinajstić information content (AvgIpc) is 3.44. The van der Waals surface area contributed by atoms with Gasteiger partial charge < -0.3 is 11.1 Å². The monoisotopic (exact) mass is 386 g/mol. The fourth-order valence-corrected chi connectivity index (χ4v) is 3.74. The maximum absolute atomic E-state index is 6.15. The Morgan fingerprint density at radius 2 is 1.89 bits per heavy atom. The number of pyridine rings is 1. The van der Waals surface area contributed by atoms with Crippen LogP contribution >= 0.6 is 11.6 Å². The molecule has 0 radical (unpaired) electrons. The molecule has 1 atom stereocenters. The van der Waals surface area contributed by atoms with Gasteiger partial charge in [-0.1, -0.05) is 41.6 Å². The zero-order valence-electron chi connectivity index (χ0n) is 15.2. The molecule has 5 rings (SSSR count). The van der Waals surface area contributed by atoms with Gasteiger partial charge in [-0.05, 0) is 43.0 Å². The van der Waals surface area contributed by atoms with E-state index in [0.29, 0.717) is 22.4 Å². The third-order valence-electron chi connectivity index (χ3n) is 5.31. The number of aliphatic imine (C=N–C) groups is 1. The molecule has 5 heteroatoms. The smallest absolute Gasteiger partial charge is 0.139 e. The molecule has 4 nitrogen and oxygen atoms in total. The number of nitrogens with zero attached hydrogens (tertiary/aromatic N) is 2. The number of nitrogens with two attached hydrogens (primary N) is 1. The lowest BCUT2D eigenvalue weighted by atomic mass is 10.1. The van der Waals surface area contributed by atoms with Crippen LogP contribution in [-0.2, 0) is 0 Å². The summed E-state index contributed by atoms with van der Waals surface area (Å²) in [6.45, 7) is 0.956. The maximum atomic E-state index is 6.15. The molecule has 2 heterocycles. The van der Waals surface area contributed by atoms with Crippen molar-refractivity contribution in [2.45, 2.75) is 18.9 Å². The SMILES string of the molecule is Nc1ncc2ccc(Cl)cc2c1C#Cc1ccc(C2=NC(C3CC3)CN2)cc1. The lowest BCUT2D eigenvalue weighted by Gasteiger charge is -2.04. The number of halogens is 1. The molecule has 1 unspecified atom stereocenters.